The monoisotopic (exact) mass is 265 g/mol. The molecule has 1 aliphatic heterocycles. The number of ether oxygens (including phenoxy) is 1. The summed E-state index contributed by atoms with van der Waals surface area (Å²) in [7, 11) is 0. The molecule has 7 heteroatoms. The lowest BCUT2D eigenvalue weighted by Crippen LogP contribution is -1.95. The number of aromatic nitrogens is 4. The number of aromatic amines is 1. The number of anilines is 2. The van der Waals surface area contributed by atoms with E-state index in [0.29, 0.717) is 11.6 Å². The summed E-state index contributed by atoms with van der Waals surface area (Å²) in [5.74, 6) is 1.30. The second kappa shape index (κ2) is 4.91. The molecular formula is C11H12ClN5O. The van der Waals surface area contributed by atoms with E-state index >= 15 is 0 Å². The van der Waals surface area contributed by atoms with Crippen molar-refractivity contribution in [3.8, 4) is 0 Å². The number of halogens is 1. The first-order chi connectivity index (χ1) is 8.81. The molecule has 3 heterocycles. The van der Waals surface area contributed by atoms with Crippen LogP contribution in [0.15, 0.2) is 18.3 Å². The average molecular weight is 266 g/mol. The first kappa shape index (κ1) is 11.4. The van der Waals surface area contributed by atoms with E-state index in [0.717, 1.165) is 25.1 Å². The molecule has 3 rings (SSSR count). The Labute approximate surface area is 109 Å². The minimum absolute atomic E-state index is 0.127. The van der Waals surface area contributed by atoms with Crippen LogP contribution in [0.2, 0.25) is 5.28 Å². The Morgan fingerprint density at radius 1 is 1.44 bits per heavy atom. The van der Waals surface area contributed by atoms with Gasteiger partial charge in [0.2, 0.25) is 5.28 Å². The van der Waals surface area contributed by atoms with E-state index in [2.05, 4.69) is 25.5 Å². The van der Waals surface area contributed by atoms with Gasteiger partial charge < -0.3 is 10.1 Å². The zero-order valence-corrected chi connectivity index (χ0v) is 10.3. The van der Waals surface area contributed by atoms with Crippen LogP contribution >= 0.6 is 11.6 Å². The van der Waals surface area contributed by atoms with Crippen molar-refractivity contribution in [2.75, 3.05) is 11.9 Å². The highest BCUT2D eigenvalue weighted by Crippen LogP contribution is 2.28. The van der Waals surface area contributed by atoms with Crippen molar-refractivity contribution in [2.45, 2.75) is 18.9 Å². The van der Waals surface area contributed by atoms with Crippen molar-refractivity contribution in [2.24, 2.45) is 0 Å². The fourth-order valence-corrected chi connectivity index (χ4v) is 2.07. The minimum Gasteiger partial charge on any atom is -0.372 e. The van der Waals surface area contributed by atoms with Gasteiger partial charge in [-0.15, -0.1) is 0 Å². The van der Waals surface area contributed by atoms with E-state index in [1.54, 1.807) is 12.3 Å². The lowest BCUT2D eigenvalue weighted by Gasteiger charge is -2.04. The molecular weight excluding hydrogens is 254 g/mol. The molecule has 1 saturated heterocycles. The summed E-state index contributed by atoms with van der Waals surface area (Å²) < 4.78 is 5.58. The van der Waals surface area contributed by atoms with Gasteiger partial charge in [-0.3, -0.25) is 5.10 Å². The van der Waals surface area contributed by atoms with E-state index in [1.165, 1.54) is 0 Å². The summed E-state index contributed by atoms with van der Waals surface area (Å²) in [5.41, 5.74) is 0.982. The van der Waals surface area contributed by atoms with Gasteiger partial charge >= 0.3 is 0 Å². The van der Waals surface area contributed by atoms with Crippen molar-refractivity contribution in [1.29, 1.82) is 0 Å². The number of nitrogens with zero attached hydrogens (tertiary/aromatic N) is 3. The number of H-pyrrole nitrogens is 1. The molecule has 2 aromatic heterocycles. The van der Waals surface area contributed by atoms with Crippen LogP contribution in [0.25, 0.3) is 0 Å². The molecule has 94 valence electrons. The SMILES string of the molecule is Clc1nccc(Nc2cc(C3CCCO3)[nH]n2)n1. The van der Waals surface area contributed by atoms with E-state index in [1.807, 2.05) is 6.07 Å². The predicted molar refractivity (Wildman–Crippen MR) is 66.8 cm³/mol. The second-order valence-corrected chi connectivity index (χ2v) is 4.38. The highest BCUT2D eigenvalue weighted by molar-refractivity contribution is 6.28. The van der Waals surface area contributed by atoms with Crippen LogP contribution in [0.1, 0.15) is 24.6 Å². The smallest absolute Gasteiger partial charge is 0.224 e. The maximum Gasteiger partial charge on any atom is 0.224 e. The molecule has 0 saturated carbocycles. The van der Waals surface area contributed by atoms with Crippen LogP contribution in [-0.4, -0.2) is 26.8 Å². The molecule has 0 spiro atoms. The number of rotatable bonds is 3. The molecule has 0 amide bonds. The predicted octanol–water partition coefficient (Wildman–Crippen LogP) is 2.45. The maximum atomic E-state index is 5.71. The van der Waals surface area contributed by atoms with Gasteiger partial charge in [0.25, 0.3) is 0 Å². The standard InChI is InChI=1S/C11H12ClN5O/c12-11-13-4-3-9(15-11)14-10-6-7(16-17-10)8-2-1-5-18-8/h3-4,6,8H,1-2,5H2,(H2,13,14,15,16,17). The number of hydrogen-bond donors (Lipinski definition) is 2. The Balaban J connectivity index is 1.73. The number of hydrogen-bond acceptors (Lipinski definition) is 5. The molecule has 0 aromatic carbocycles. The van der Waals surface area contributed by atoms with Gasteiger partial charge in [0.15, 0.2) is 5.82 Å². The Morgan fingerprint density at radius 2 is 2.39 bits per heavy atom. The van der Waals surface area contributed by atoms with Crippen LogP contribution in [0, 0.1) is 0 Å². The highest BCUT2D eigenvalue weighted by Gasteiger charge is 2.19. The molecule has 2 aromatic rings. The molecule has 18 heavy (non-hydrogen) atoms. The van der Waals surface area contributed by atoms with Crippen LogP contribution < -0.4 is 5.32 Å². The first-order valence-electron chi connectivity index (χ1n) is 5.74. The summed E-state index contributed by atoms with van der Waals surface area (Å²) in [6.07, 6.45) is 3.84. The third kappa shape index (κ3) is 2.44. The summed E-state index contributed by atoms with van der Waals surface area (Å²) in [6.45, 7) is 0.813. The molecule has 2 N–H and O–H groups in total. The third-order valence-electron chi connectivity index (χ3n) is 2.76. The molecule has 0 aliphatic carbocycles. The van der Waals surface area contributed by atoms with Gasteiger partial charge in [0.1, 0.15) is 5.82 Å². The molecule has 1 fully saturated rings. The van der Waals surface area contributed by atoms with Crippen LogP contribution in [0.5, 0.6) is 0 Å². The molecule has 0 radical (unpaired) electrons. The van der Waals surface area contributed by atoms with Crippen LogP contribution in [0.3, 0.4) is 0 Å². The zero-order valence-electron chi connectivity index (χ0n) is 9.56. The van der Waals surface area contributed by atoms with E-state index < -0.39 is 0 Å². The van der Waals surface area contributed by atoms with Crippen molar-refractivity contribution >= 4 is 23.2 Å². The van der Waals surface area contributed by atoms with Crippen molar-refractivity contribution in [3.05, 3.63) is 29.3 Å². The quantitative estimate of drug-likeness (QED) is 0.834. The Kier molecular flexibility index (Phi) is 3.12. The highest BCUT2D eigenvalue weighted by atomic mass is 35.5. The van der Waals surface area contributed by atoms with Gasteiger partial charge in [-0.1, -0.05) is 0 Å². The van der Waals surface area contributed by atoms with Crippen LogP contribution in [-0.2, 0) is 4.74 Å². The van der Waals surface area contributed by atoms with Gasteiger partial charge in [0, 0.05) is 18.9 Å². The minimum atomic E-state index is 0.127. The van der Waals surface area contributed by atoms with E-state index in [4.69, 9.17) is 16.3 Å². The van der Waals surface area contributed by atoms with Crippen LogP contribution in [0.4, 0.5) is 11.6 Å². The topological polar surface area (TPSA) is 75.7 Å². The molecule has 6 nitrogen and oxygen atoms in total. The molecule has 1 atom stereocenters. The average Bonchev–Trinajstić information content (AvgIpc) is 2.98. The summed E-state index contributed by atoms with van der Waals surface area (Å²) in [6, 6.07) is 3.65. The van der Waals surface area contributed by atoms with Gasteiger partial charge in [-0.2, -0.15) is 5.10 Å². The summed E-state index contributed by atoms with van der Waals surface area (Å²) >= 11 is 5.71. The lowest BCUT2D eigenvalue weighted by atomic mass is 10.2. The Morgan fingerprint density at radius 3 is 3.17 bits per heavy atom. The van der Waals surface area contributed by atoms with Gasteiger partial charge in [-0.05, 0) is 30.5 Å². The zero-order chi connectivity index (χ0) is 12.4. The third-order valence-corrected chi connectivity index (χ3v) is 2.94. The fourth-order valence-electron chi connectivity index (χ4n) is 1.92. The summed E-state index contributed by atoms with van der Waals surface area (Å²) in [4.78, 5) is 7.85. The molecule has 1 aliphatic rings. The van der Waals surface area contributed by atoms with Crippen molar-refractivity contribution in [1.82, 2.24) is 20.2 Å². The van der Waals surface area contributed by atoms with E-state index in [-0.39, 0.29) is 11.4 Å². The molecule has 1 unspecified atom stereocenters. The maximum absolute atomic E-state index is 5.71. The largest absolute Gasteiger partial charge is 0.372 e. The van der Waals surface area contributed by atoms with Gasteiger partial charge in [-0.25, -0.2) is 9.97 Å². The van der Waals surface area contributed by atoms with E-state index in [9.17, 15) is 0 Å². The molecule has 0 bridgehead atoms. The van der Waals surface area contributed by atoms with Crippen molar-refractivity contribution in [3.63, 3.8) is 0 Å². The Bertz CT molecular complexity index is 538. The lowest BCUT2D eigenvalue weighted by molar-refractivity contribution is 0.108. The Hall–Kier alpha value is -1.66. The van der Waals surface area contributed by atoms with Crippen molar-refractivity contribution < 1.29 is 4.74 Å². The first-order valence-corrected chi connectivity index (χ1v) is 6.11. The summed E-state index contributed by atoms with van der Waals surface area (Å²) in [5, 5.41) is 10.4. The second-order valence-electron chi connectivity index (χ2n) is 4.05. The number of nitrogens with one attached hydrogen (secondary N) is 2. The van der Waals surface area contributed by atoms with Gasteiger partial charge in [0.05, 0.1) is 11.8 Å². The fraction of sp³-hybridized carbons (Fsp3) is 0.364. The normalized spacial score (nSPS) is 19.1.